The number of likely N-dealkylation sites (tertiary alicyclic amines) is 1. The van der Waals surface area contributed by atoms with Crippen molar-refractivity contribution in [3.8, 4) is 0 Å². The summed E-state index contributed by atoms with van der Waals surface area (Å²) >= 11 is 3.51. The van der Waals surface area contributed by atoms with Gasteiger partial charge < -0.3 is 0 Å². The van der Waals surface area contributed by atoms with Crippen LogP contribution >= 0.6 is 15.9 Å². The second-order valence-corrected chi connectivity index (χ2v) is 6.77. The minimum Gasteiger partial charge on any atom is -0.298 e. The molecule has 0 radical (unpaired) electrons. The van der Waals surface area contributed by atoms with Crippen molar-refractivity contribution in [3.63, 3.8) is 0 Å². The van der Waals surface area contributed by atoms with Crippen LogP contribution in [0.25, 0.3) is 10.8 Å². The molecule has 1 heterocycles. The Morgan fingerprint density at radius 2 is 2.00 bits per heavy atom. The number of nitrogens with zero attached hydrogens (tertiary/aromatic N) is 1. The first-order chi connectivity index (χ1) is 10.4. The largest absolute Gasteiger partial charge is 0.393 e. The zero-order valence-corrected chi connectivity index (χ0v) is 13.6. The van der Waals surface area contributed by atoms with Gasteiger partial charge in [-0.25, -0.2) is 0 Å². The molecule has 0 amide bonds. The molecule has 1 unspecified atom stereocenters. The minimum atomic E-state index is -4.08. The standard InChI is InChI=1S/C17H17BrF3N/c18-16-5-1-3-13-9-12(6-7-15(13)16)10-22-8-2-4-14(11-22)17(19,20)21/h1,3,5-7,9,14H,2,4,8,10-11H2. The molecule has 1 saturated heterocycles. The predicted molar refractivity (Wildman–Crippen MR) is 85.7 cm³/mol. The topological polar surface area (TPSA) is 3.24 Å². The van der Waals surface area contributed by atoms with E-state index in [1.807, 2.05) is 35.2 Å². The summed E-state index contributed by atoms with van der Waals surface area (Å²) in [6.07, 6.45) is -3.21. The maximum atomic E-state index is 12.9. The fourth-order valence-electron chi connectivity index (χ4n) is 3.12. The third-order valence-corrected chi connectivity index (χ3v) is 4.96. The maximum Gasteiger partial charge on any atom is 0.393 e. The Morgan fingerprint density at radius 3 is 2.77 bits per heavy atom. The van der Waals surface area contributed by atoms with Gasteiger partial charge in [0.25, 0.3) is 0 Å². The van der Waals surface area contributed by atoms with Gasteiger partial charge in [-0.05, 0) is 47.9 Å². The number of alkyl halides is 3. The molecule has 118 valence electrons. The Kier molecular flexibility index (Phi) is 4.46. The van der Waals surface area contributed by atoms with E-state index in [2.05, 4.69) is 22.0 Å². The smallest absolute Gasteiger partial charge is 0.298 e. The van der Waals surface area contributed by atoms with Crippen LogP contribution in [0.2, 0.25) is 0 Å². The molecule has 2 aromatic rings. The number of piperidine rings is 1. The number of halogens is 4. The molecule has 2 aromatic carbocycles. The second kappa shape index (κ2) is 6.20. The lowest BCUT2D eigenvalue weighted by atomic mass is 9.97. The maximum absolute atomic E-state index is 12.9. The average molecular weight is 372 g/mol. The van der Waals surface area contributed by atoms with E-state index >= 15 is 0 Å². The summed E-state index contributed by atoms with van der Waals surface area (Å²) < 4.78 is 39.7. The molecule has 0 spiro atoms. The quantitative estimate of drug-likeness (QED) is 0.685. The van der Waals surface area contributed by atoms with Crippen LogP contribution in [0, 0.1) is 5.92 Å². The first-order valence-corrected chi connectivity index (χ1v) is 8.19. The minimum absolute atomic E-state index is 0.111. The second-order valence-electron chi connectivity index (χ2n) is 5.91. The molecule has 0 aromatic heterocycles. The molecule has 1 aliphatic rings. The molecule has 0 bridgehead atoms. The molecule has 1 aliphatic heterocycles. The lowest BCUT2D eigenvalue weighted by Gasteiger charge is -2.33. The van der Waals surface area contributed by atoms with Crippen molar-refractivity contribution in [1.29, 1.82) is 0 Å². The van der Waals surface area contributed by atoms with Crippen LogP contribution in [0.4, 0.5) is 13.2 Å². The van der Waals surface area contributed by atoms with Crippen LogP contribution in [0.3, 0.4) is 0 Å². The van der Waals surface area contributed by atoms with Gasteiger partial charge in [-0.1, -0.05) is 40.2 Å². The van der Waals surface area contributed by atoms with E-state index in [-0.39, 0.29) is 13.0 Å². The molecule has 1 nitrogen and oxygen atoms in total. The highest BCUT2D eigenvalue weighted by atomic mass is 79.9. The van der Waals surface area contributed by atoms with E-state index < -0.39 is 12.1 Å². The van der Waals surface area contributed by atoms with Gasteiger partial charge in [-0.3, -0.25) is 4.90 Å². The number of hydrogen-bond acceptors (Lipinski definition) is 1. The van der Waals surface area contributed by atoms with Crippen molar-refractivity contribution in [2.45, 2.75) is 25.6 Å². The lowest BCUT2D eigenvalue weighted by molar-refractivity contribution is -0.187. The van der Waals surface area contributed by atoms with Gasteiger partial charge in [-0.15, -0.1) is 0 Å². The van der Waals surface area contributed by atoms with Gasteiger partial charge in [0, 0.05) is 17.6 Å². The Hall–Kier alpha value is -1.07. The van der Waals surface area contributed by atoms with E-state index in [1.165, 1.54) is 0 Å². The highest BCUT2D eigenvalue weighted by molar-refractivity contribution is 9.10. The Labute approximate surface area is 136 Å². The van der Waals surface area contributed by atoms with Gasteiger partial charge in [0.05, 0.1) is 5.92 Å². The first-order valence-electron chi connectivity index (χ1n) is 7.40. The normalized spacial score (nSPS) is 20.5. The summed E-state index contributed by atoms with van der Waals surface area (Å²) in [6.45, 7) is 1.43. The number of rotatable bonds is 2. The van der Waals surface area contributed by atoms with Crippen LogP contribution in [0.5, 0.6) is 0 Å². The molecule has 3 rings (SSSR count). The van der Waals surface area contributed by atoms with Crippen molar-refractivity contribution < 1.29 is 13.2 Å². The SMILES string of the molecule is FC(F)(F)C1CCCN(Cc2ccc3c(Br)cccc3c2)C1. The summed E-state index contributed by atoms with van der Waals surface area (Å²) in [5.41, 5.74) is 1.06. The van der Waals surface area contributed by atoms with Crippen molar-refractivity contribution in [2.24, 2.45) is 5.92 Å². The number of fused-ring (bicyclic) bond motifs is 1. The van der Waals surface area contributed by atoms with Crippen molar-refractivity contribution in [2.75, 3.05) is 13.1 Å². The summed E-state index contributed by atoms with van der Waals surface area (Å²) in [5, 5.41) is 2.23. The lowest BCUT2D eigenvalue weighted by Crippen LogP contribution is -2.41. The van der Waals surface area contributed by atoms with Gasteiger partial charge in [-0.2, -0.15) is 13.2 Å². The van der Waals surface area contributed by atoms with Gasteiger partial charge in [0.2, 0.25) is 0 Å². The Bertz CT molecular complexity index is 668. The van der Waals surface area contributed by atoms with Crippen molar-refractivity contribution >= 4 is 26.7 Å². The highest BCUT2D eigenvalue weighted by Gasteiger charge is 2.41. The van der Waals surface area contributed by atoms with E-state index in [4.69, 9.17) is 0 Å². The van der Waals surface area contributed by atoms with E-state index in [1.54, 1.807) is 0 Å². The fourth-order valence-corrected chi connectivity index (χ4v) is 3.63. The molecule has 5 heteroatoms. The zero-order chi connectivity index (χ0) is 15.7. The first kappa shape index (κ1) is 15.8. The highest BCUT2D eigenvalue weighted by Crippen LogP contribution is 2.33. The van der Waals surface area contributed by atoms with Crippen molar-refractivity contribution in [3.05, 3.63) is 46.4 Å². The van der Waals surface area contributed by atoms with Crippen LogP contribution < -0.4 is 0 Å². The number of hydrogen-bond donors (Lipinski definition) is 0. The average Bonchev–Trinajstić information content (AvgIpc) is 2.47. The van der Waals surface area contributed by atoms with Crippen LogP contribution in [0.1, 0.15) is 18.4 Å². The molecular weight excluding hydrogens is 355 g/mol. The van der Waals surface area contributed by atoms with E-state index in [0.717, 1.165) is 27.4 Å². The third kappa shape index (κ3) is 3.46. The van der Waals surface area contributed by atoms with Crippen LogP contribution in [0.15, 0.2) is 40.9 Å². The third-order valence-electron chi connectivity index (χ3n) is 4.27. The summed E-state index contributed by atoms with van der Waals surface area (Å²) in [4.78, 5) is 1.92. The molecule has 1 atom stereocenters. The molecular formula is C17H17BrF3N. The summed E-state index contributed by atoms with van der Waals surface area (Å²) in [6, 6.07) is 12.1. The fraction of sp³-hybridized carbons (Fsp3) is 0.412. The Balaban J connectivity index is 1.75. The van der Waals surface area contributed by atoms with E-state index in [9.17, 15) is 13.2 Å². The van der Waals surface area contributed by atoms with E-state index in [0.29, 0.717) is 13.0 Å². The predicted octanol–water partition coefficient (Wildman–Crippen LogP) is 5.38. The molecule has 0 N–H and O–H groups in total. The van der Waals surface area contributed by atoms with Crippen molar-refractivity contribution in [1.82, 2.24) is 4.90 Å². The molecule has 0 saturated carbocycles. The summed E-state index contributed by atoms with van der Waals surface area (Å²) in [5.74, 6) is -1.18. The Morgan fingerprint density at radius 1 is 1.18 bits per heavy atom. The molecule has 22 heavy (non-hydrogen) atoms. The zero-order valence-electron chi connectivity index (χ0n) is 12.0. The van der Waals surface area contributed by atoms with Crippen LogP contribution in [-0.2, 0) is 6.54 Å². The summed E-state index contributed by atoms with van der Waals surface area (Å²) in [7, 11) is 0. The van der Waals surface area contributed by atoms with Crippen LogP contribution in [-0.4, -0.2) is 24.2 Å². The number of benzene rings is 2. The molecule has 0 aliphatic carbocycles. The van der Waals surface area contributed by atoms with Gasteiger partial charge in [0.15, 0.2) is 0 Å². The van der Waals surface area contributed by atoms with Gasteiger partial charge >= 0.3 is 6.18 Å². The molecule has 1 fully saturated rings. The monoisotopic (exact) mass is 371 g/mol. The van der Waals surface area contributed by atoms with Gasteiger partial charge in [0.1, 0.15) is 0 Å².